The Kier molecular flexibility index (Phi) is 4.95. The van der Waals surface area contributed by atoms with Crippen LogP contribution in [0.3, 0.4) is 0 Å². The van der Waals surface area contributed by atoms with Crippen LogP contribution in [0, 0.1) is 0 Å². The minimum Gasteiger partial charge on any atom is -0.375 e. The number of likely N-dealkylation sites (N-methyl/N-ethyl adjacent to an activating group) is 1. The second-order valence-electron chi connectivity index (χ2n) is 5.30. The molecular formula is C13H22N2O5. The van der Waals surface area contributed by atoms with E-state index in [9.17, 15) is 9.59 Å². The van der Waals surface area contributed by atoms with Crippen LogP contribution < -0.4 is 5.32 Å². The van der Waals surface area contributed by atoms with Gasteiger partial charge in [0.05, 0.1) is 18.3 Å². The Morgan fingerprint density at radius 3 is 2.95 bits per heavy atom. The van der Waals surface area contributed by atoms with Gasteiger partial charge in [-0.3, -0.25) is 9.59 Å². The van der Waals surface area contributed by atoms with E-state index >= 15 is 0 Å². The average molecular weight is 286 g/mol. The lowest BCUT2D eigenvalue weighted by atomic mass is 9.98. The Morgan fingerprint density at radius 2 is 2.25 bits per heavy atom. The minimum atomic E-state index is -0.309. The largest absolute Gasteiger partial charge is 0.375 e. The van der Waals surface area contributed by atoms with Gasteiger partial charge in [-0.1, -0.05) is 0 Å². The summed E-state index contributed by atoms with van der Waals surface area (Å²) in [6.07, 6.45) is 1.45. The van der Waals surface area contributed by atoms with Crippen molar-refractivity contribution < 1.29 is 23.8 Å². The molecule has 0 aliphatic carbocycles. The van der Waals surface area contributed by atoms with E-state index < -0.39 is 0 Å². The van der Waals surface area contributed by atoms with Gasteiger partial charge in [-0.05, 0) is 6.42 Å². The molecule has 2 rings (SSSR count). The Morgan fingerprint density at radius 1 is 1.45 bits per heavy atom. The lowest BCUT2D eigenvalue weighted by Gasteiger charge is -2.23. The highest BCUT2D eigenvalue weighted by atomic mass is 16.6. The van der Waals surface area contributed by atoms with Crippen molar-refractivity contribution in [1.82, 2.24) is 10.2 Å². The molecule has 114 valence electrons. The fourth-order valence-corrected chi connectivity index (χ4v) is 2.73. The number of ether oxygens (including phenoxy) is 3. The highest BCUT2D eigenvalue weighted by molar-refractivity contribution is 5.78. The molecule has 2 saturated heterocycles. The maximum atomic E-state index is 11.8. The van der Waals surface area contributed by atoms with Crippen molar-refractivity contribution in [3.8, 4) is 0 Å². The zero-order valence-electron chi connectivity index (χ0n) is 12.0. The van der Waals surface area contributed by atoms with Crippen LogP contribution in [0.4, 0.5) is 0 Å². The molecule has 2 amide bonds. The monoisotopic (exact) mass is 286 g/mol. The number of hydrogen-bond donors (Lipinski definition) is 1. The van der Waals surface area contributed by atoms with E-state index in [0.29, 0.717) is 19.7 Å². The topological polar surface area (TPSA) is 77.1 Å². The van der Waals surface area contributed by atoms with Crippen molar-refractivity contribution >= 4 is 11.8 Å². The normalized spacial score (nSPS) is 29.1. The summed E-state index contributed by atoms with van der Waals surface area (Å²) in [6.45, 7) is 1.89. The summed E-state index contributed by atoms with van der Waals surface area (Å²) in [5, 5.41) is 2.51. The maximum Gasteiger partial charge on any atom is 0.248 e. The third kappa shape index (κ3) is 3.47. The third-order valence-electron chi connectivity index (χ3n) is 3.84. The molecule has 2 heterocycles. The Labute approximate surface area is 118 Å². The second kappa shape index (κ2) is 6.51. The molecule has 2 aliphatic heterocycles. The van der Waals surface area contributed by atoms with Crippen molar-refractivity contribution in [3.63, 3.8) is 0 Å². The Balaban J connectivity index is 1.80. The summed E-state index contributed by atoms with van der Waals surface area (Å²) in [6, 6.07) is 0. The predicted molar refractivity (Wildman–Crippen MR) is 70.2 cm³/mol. The van der Waals surface area contributed by atoms with E-state index in [-0.39, 0.29) is 36.7 Å². The minimum absolute atomic E-state index is 0.0114. The predicted octanol–water partition coefficient (Wildman–Crippen LogP) is -0.845. The van der Waals surface area contributed by atoms with Crippen molar-refractivity contribution in [3.05, 3.63) is 0 Å². The van der Waals surface area contributed by atoms with E-state index in [1.165, 1.54) is 7.11 Å². The van der Waals surface area contributed by atoms with Crippen LogP contribution in [0.1, 0.15) is 12.8 Å². The van der Waals surface area contributed by atoms with Crippen LogP contribution in [0.5, 0.6) is 0 Å². The number of likely N-dealkylation sites (tertiary alicyclic amines) is 1. The van der Waals surface area contributed by atoms with Gasteiger partial charge in [0.1, 0.15) is 13.2 Å². The number of rotatable bonds is 5. The molecule has 0 aromatic carbocycles. The van der Waals surface area contributed by atoms with E-state index in [0.717, 1.165) is 12.8 Å². The van der Waals surface area contributed by atoms with Gasteiger partial charge in [0, 0.05) is 33.7 Å². The third-order valence-corrected chi connectivity index (χ3v) is 3.84. The van der Waals surface area contributed by atoms with Gasteiger partial charge < -0.3 is 24.4 Å². The Bertz CT molecular complexity index is 376. The van der Waals surface area contributed by atoms with Crippen molar-refractivity contribution in [1.29, 1.82) is 0 Å². The van der Waals surface area contributed by atoms with Gasteiger partial charge in [-0.2, -0.15) is 0 Å². The first kappa shape index (κ1) is 15.2. The number of methoxy groups -OCH3 is 1. The molecule has 0 bridgehead atoms. The summed E-state index contributed by atoms with van der Waals surface area (Å²) in [5.41, 5.74) is -0.309. The van der Waals surface area contributed by atoms with Crippen LogP contribution in [0.15, 0.2) is 0 Å². The van der Waals surface area contributed by atoms with Crippen molar-refractivity contribution in [2.45, 2.75) is 24.5 Å². The molecule has 1 N–H and O–H groups in total. The summed E-state index contributed by atoms with van der Waals surface area (Å²) in [5.74, 6) is -0.156. The molecule has 0 radical (unpaired) electrons. The van der Waals surface area contributed by atoms with Gasteiger partial charge in [-0.25, -0.2) is 0 Å². The average Bonchev–Trinajstić information content (AvgIpc) is 3.04. The molecule has 0 aromatic heterocycles. The first-order valence-electron chi connectivity index (χ1n) is 6.81. The van der Waals surface area contributed by atoms with E-state index in [1.807, 2.05) is 0 Å². The molecule has 0 saturated carbocycles. The van der Waals surface area contributed by atoms with E-state index in [1.54, 1.807) is 11.9 Å². The van der Waals surface area contributed by atoms with Gasteiger partial charge >= 0.3 is 0 Å². The van der Waals surface area contributed by atoms with Gasteiger partial charge in [0.15, 0.2) is 0 Å². The van der Waals surface area contributed by atoms with E-state index in [2.05, 4.69) is 5.32 Å². The molecule has 7 nitrogen and oxygen atoms in total. The lowest BCUT2D eigenvalue weighted by Crippen LogP contribution is -2.37. The summed E-state index contributed by atoms with van der Waals surface area (Å²) < 4.78 is 16.2. The SMILES string of the molecule is CNC(=O)CO[C@@H]1CO[C@]2(CCN(C(=O)COC)C2)C1. The van der Waals surface area contributed by atoms with Crippen molar-refractivity contribution in [2.75, 3.05) is 47.1 Å². The standard InChI is InChI=1S/C13H22N2O5/c1-14-11(16)7-19-10-5-13(20-6-10)3-4-15(9-13)12(17)8-18-2/h10H,3-9H2,1-2H3,(H,14,16)/t10-,13+/m0/s1. The number of nitrogens with one attached hydrogen (secondary N) is 1. The maximum absolute atomic E-state index is 11.8. The number of hydrogen-bond acceptors (Lipinski definition) is 5. The fraction of sp³-hybridized carbons (Fsp3) is 0.846. The van der Waals surface area contributed by atoms with E-state index in [4.69, 9.17) is 14.2 Å². The molecule has 2 fully saturated rings. The zero-order valence-corrected chi connectivity index (χ0v) is 12.0. The number of carbonyl (C=O) groups excluding carboxylic acids is 2. The second-order valence-corrected chi connectivity index (χ2v) is 5.30. The smallest absolute Gasteiger partial charge is 0.248 e. The summed E-state index contributed by atoms with van der Waals surface area (Å²) in [7, 11) is 3.09. The van der Waals surface area contributed by atoms with Crippen LogP contribution in [-0.2, 0) is 23.8 Å². The van der Waals surface area contributed by atoms with Crippen LogP contribution in [-0.4, -0.2) is 75.5 Å². The number of amides is 2. The molecule has 7 heteroatoms. The molecule has 2 atom stereocenters. The number of nitrogens with zero attached hydrogens (tertiary/aromatic N) is 1. The first-order valence-corrected chi connectivity index (χ1v) is 6.81. The van der Waals surface area contributed by atoms with Crippen LogP contribution >= 0.6 is 0 Å². The highest BCUT2D eigenvalue weighted by Gasteiger charge is 2.47. The molecule has 20 heavy (non-hydrogen) atoms. The quantitative estimate of drug-likeness (QED) is 0.713. The number of carbonyl (C=O) groups is 2. The first-order chi connectivity index (χ1) is 9.58. The molecule has 1 spiro atoms. The zero-order chi connectivity index (χ0) is 14.6. The molecule has 0 aromatic rings. The highest BCUT2D eigenvalue weighted by Crippen LogP contribution is 2.36. The lowest BCUT2D eigenvalue weighted by molar-refractivity contribution is -0.135. The van der Waals surface area contributed by atoms with Crippen molar-refractivity contribution in [2.24, 2.45) is 0 Å². The van der Waals surface area contributed by atoms with Crippen LogP contribution in [0.25, 0.3) is 0 Å². The van der Waals surface area contributed by atoms with Gasteiger partial charge in [0.2, 0.25) is 11.8 Å². The molecule has 2 aliphatic rings. The summed E-state index contributed by atoms with van der Waals surface area (Å²) in [4.78, 5) is 24.7. The van der Waals surface area contributed by atoms with Gasteiger partial charge in [-0.15, -0.1) is 0 Å². The molecule has 0 unspecified atom stereocenters. The fourth-order valence-electron chi connectivity index (χ4n) is 2.73. The Hall–Kier alpha value is -1.18. The summed E-state index contributed by atoms with van der Waals surface area (Å²) >= 11 is 0. The van der Waals surface area contributed by atoms with Crippen LogP contribution in [0.2, 0.25) is 0 Å². The van der Waals surface area contributed by atoms with Gasteiger partial charge in [0.25, 0.3) is 0 Å². The molecular weight excluding hydrogens is 264 g/mol.